The lowest BCUT2D eigenvalue weighted by atomic mass is 10.1. The van der Waals surface area contributed by atoms with Gasteiger partial charge in [-0.15, -0.1) is 0 Å². The second-order valence-corrected chi connectivity index (χ2v) is 8.00. The fraction of sp³-hybridized carbons (Fsp3) is 0.154. The third-order valence-electron chi connectivity index (χ3n) is 4.85. The summed E-state index contributed by atoms with van der Waals surface area (Å²) in [6.45, 7) is 1.93. The minimum absolute atomic E-state index is 0.227. The van der Waals surface area contributed by atoms with E-state index < -0.39 is 11.8 Å². The highest BCUT2D eigenvalue weighted by Gasteiger charge is 2.13. The SMILES string of the molecule is COc1cc(/C=N\NC(=O)C(=O)NCc2ccc(C)cc2)ccc1OCC(=O)Nc1ccccc1Cl. The summed E-state index contributed by atoms with van der Waals surface area (Å²) in [7, 11) is 1.45. The van der Waals surface area contributed by atoms with E-state index in [9.17, 15) is 14.4 Å². The van der Waals surface area contributed by atoms with E-state index in [4.69, 9.17) is 21.1 Å². The molecule has 0 spiro atoms. The average Bonchev–Trinajstić information content (AvgIpc) is 2.88. The Balaban J connectivity index is 1.49. The molecule has 0 heterocycles. The van der Waals surface area contributed by atoms with Crippen LogP contribution in [0.4, 0.5) is 5.69 Å². The summed E-state index contributed by atoms with van der Waals surface area (Å²) in [4.78, 5) is 36.1. The fourth-order valence-corrected chi connectivity index (χ4v) is 3.14. The van der Waals surface area contributed by atoms with E-state index in [-0.39, 0.29) is 19.1 Å². The number of rotatable bonds is 9. The van der Waals surface area contributed by atoms with Gasteiger partial charge in [0.25, 0.3) is 5.91 Å². The number of hydrogen-bond donors (Lipinski definition) is 3. The smallest absolute Gasteiger partial charge is 0.329 e. The van der Waals surface area contributed by atoms with Crippen LogP contribution in [0.5, 0.6) is 11.5 Å². The molecule has 0 unspecified atom stereocenters. The molecule has 36 heavy (non-hydrogen) atoms. The molecule has 0 atom stereocenters. The van der Waals surface area contributed by atoms with Crippen LogP contribution in [-0.2, 0) is 20.9 Å². The number of ether oxygens (including phenoxy) is 2. The molecule has 3 rings (SSSR count). The van der Waals surface area contributed by atoms with Crippen molar-refractivity contribution in [1.82, 2.24) is 10.7 Å². The molecule has 3 aromatic rings. The Morgan fingerprint density at radius 2 is 1.72 bits per heavy atom. The molecule has 0 aliphatic carbocycles. The Bertz CT molecular complexity index is 1260. The number of para-hydroxylation sites is 1. The maximum Gasteiger partial charge on any atom is 0.329 e. The highest BCUT2D eigenvalue weighted by Crippen LogP contribution is 2.27. The molecule has 0 saturated carbocycles. The van der Waals surface area contributed by atoms with Gasteiger partial charge >= 0.3 is 11.8 Å². The van der Waals surface area contributed by atoms with Crippen molar-refractivity contribution >= 4 is 41.2 Å². The highest BCUT2D eigenvalue weighted by atomic mass is 35.5. The lowest BCUT2D eigenvalue weighted by molar-refractivity contribution is -0.139. The molecule has 10 heteroatoms. The van der Waals surface area contributed by atoms with Crippen LogP contribution in [0.1, 0.15) is 16.7 Å². The van der Waals surface area contributed by atoms with E-state index in [2.05, 4.69) is 21.2 Å². The van der Waals surface area contributed by atoms with Crippen LogP contribution in [0, 0.1) is 6.92 Å². The normalized spacial score (nSPS) is 10.5. The zero-order valence-corrected chi connectivity index (χ0v) is 20.5. The van der Waals surface area contributed by atoms with Gasteiger partial charge in [-0.25, -0.2) is 5.43 Å². The molecule has 9 nitrogen and oxygen atoms in total. The third kappa shape index (κ3) is 7.85. The molecule has 3 N–H and O–H groups in total. The van der Waals surface area contributed by atoms with Gasteiger partial charge in [0.05, 0.1) is 24.0 Å². The van der Waals surface area contributed by atoms with Crippen molar-refractivity contribution in [2.45, 2.75) is 13.5 Å². The largest absolute Gasteiger partial charge is 0.493 e. The van der Waals surface area contributed by atoms with Crippen molar-refractivity contribution in [2.75, 3.05) is 19.0 Å². The van der Waals surface area contributed by atoms with Gasteiger partial charge in [-0.3, -0.25) is 14.4 Å². The summed E-state index contributed by atoms with van der Waals surface area (Å²) in [5.74, 6) is -1.40. The van der Waals surface area contributed by atoms with Crippen LogP contribution >= 0.6 is 11.6 Å². The summed E-state index contributed by atoms with van der Waals surface area (Å²) in [6, 6.07) is 19.3. The first-order chi connectivity index (χ1) is 17.4. The van der Waals surface area contributed by atoms with Gasteiger partial charge in [0.15, 0.2) is 18.1 Å². The number of amides is 3. The molecule has 0 aliphatic rings. The van der Waals surface area contributed by atoms with Crippen LogP contribution in [0.2, 0.25) is 5.02 Å². The van der Waals surface area contributed by atoms with E-state index in [1.165, 1.54) is 13.3 Å². The maximum absolute atomic E-state index is 12.2. The van der Waals surface area contributed by atoms with Gasteiger partial charge in [0, 0.05) is 6.54 Å². The van der Waals surface area contributed by atoms with E-state index in [0.717, 1.165) is 11.1 Å². The van der Waals surface area contributed by atoms with Gasteiger partial charge in [-0.05, 0) is 48.4 Å². The van der Waals surface area contributed by atoms with E-state index in [1.807, 2.05) is 31.2 Å². The number of methoxy groups -OCH3 is 1. The molecule has 3 amide bonds. The Morgan fingerprint density at radius 3 is 2.44 bits per heavy atom. The molecule has 0 bridgehead atoms. The average molecular weight is 509 g/mol. The summed E-state index contributed by atoms with van der Waals surface area (Å²) in [6.07, 6.45) is 1.35. The summed E-state index contributed by atoms with van der Waals surface area (Å²) in [5.41, 5.74) is 5.21. The van der Waals surface area contributed by atoms with Crippen LogP contribution in [0.25, 0.3) is 0 Å². The van der Waals surface area contributed by atoms with Crippen molar-refractivity contribution in [3.63, 3.8) is 0 Å². The van der Waals surface area contributed by atoms with Gasteiger partial charge < -0.3 is 20.1 Å². The predicted octanol–water partition coefficient (Wildman–Crippen LogP) is 3.44. The predicted molar refractivity (Wildman–Crippen MR) is 137 cm³/mol. The summed E-state index contributed by atoms with van der Waals surface area (Å²) < 4.78 is 10.9. The number of hydrazone groups is 1. The van der Waals surface area contributed by atoms with Gasteiger partial charge in [-0.2, -0.15) is 5.10 Å². The van der Waals surface area contributed by atoms with E-state index >= 15 is 0 Å². The lowest BCUT2D eigenvalue weighted by Gasteiger charge is -2.12. The second kappa shape index (κ2) is 12.9. The Labute approximate surface area is 213 Å². The molecule has 3 aromatic carbocycles. The quantitative estimate of drug-likeness (QED) is 0.232. The number of hydrogen-bond acceptors (Lipinski definition) is 6. The first kappa shape index (κ1) is 26.2. The van der Waals surface area contributed by atoms with Crippen molar-refractivity contribution in [3.05, 3.63) is 88.4 Å². The first-order valence-electron chi connectivity index (χ1n) is 10.9. The Kier molecular flexibility index (Phi) is 9.41. The van der Waals surface area contributed by atoms with Gasteiger partial charge in [0.1, 0.15) is 0 Å². The van der Waals surface area contributed by atoms with E-state index in [0.29, 0.717) is 27.8 Å². The zero-order valence-electron chi connectivity index (χ0n) is 19.7. The van der Waals surface area contributed by atoms with Crippen LogP contribution in [0.3, 0.4) is 0 Å². The minimum Gasteiger partial charge on any atom is -0.493 e. The number of aryl methyl sites for hydroxylation is 1. The van der Waals surface area contributed by atoms with Crippen LogP contribution in [-0.4, -0.2) is 37.7 Å². The highest BCUT2D eigenvalue weighted by molar-refractivity contribution is 6.35. The number of benzene rings is 3. The summed E-state index contributed by atoms with van der Waals surface area (Å²) in [5, 5.41) is 9.42. The number of anilines is 1. The molecular weight excluding hydrogens is 484 g/mol. The molecule has 0 fully saturated rings. The van der Waals surface area contributed by atoms with Gasteiger partial charge in [-0.1, -0.05) is 53.6 Å². The minimum atomic E-state index is -0.894. The van der Waals surface area contributed by atoms with Crippen molar-refractivity contribution in [1.29, 1.82) is 0 Å². The Morgan fingerprint density at radius 1 is 0.972 bits per heavy atom. The first-order valence-corrected chi connectivity index (χ1v) is 11.3. The Hall–Kier alpha value is -4.37. The fourth-order valence-electron chi connectivity index (χ4n) is 2.96. The number of nitrogens with one attached hydrogen (secondary N) is 3. The van der Waals surface area contributed by atoms with Crippen molar-refractivity contribution in [2.24, 2.45) is 5.10 Å². The molecular formula is C26H25ClN4O5. The summed E-state index contributed by atoms with van der Waals surface area (Å²) >= 11 is 6.04. The second-order valence-electron chi connectivity index (χ2n) is 7.59. The molecule has 186 valence electrons. The van der Waals surface area contributed by atoms with Crippen molar-refractivity contribution in [3.8, 4) is 11.5 Å². The standard InChI is InChI=1S/C26H25ClN4O5/c1-17-7-9-18(10-8-17)14-28-25(33)26(34)31-29-15-19-11-12-22(23(13-19)35-2)36-16-24(32)30-21-6-4-3-5-20(21)27/h3-13,15H,14,16H2,1-2H3,(H,28,33)(H,30,32)(H,31,34)/b29-15-. The molecule has 0 aromatic heterocycles. The molecule has 0 aliphatic heterocycles. The lowest BCUT2D eigenvalue weighted by Crippen LogP contribution is -2.37. The number of nitrogens with zero attached hydrogens (tertiary/aromatic N) is 1. The van der Waals surface area contributed by atoms with Gasteiger partial charge in [0.2, 0.25) is 0 Å². The number of carbonyl (C=O) groups excluding carboxylic acids is 3. The number of carbonyl (C=O) groups is 3. The molecule has 0 radical (unpaired) electrons. The van der Waals surface area contributed by atoms with Crippen LogP contribution in [0.15, 0.2) is 71.8 Å². The topological polar surface area (TPSA) is 118 Å². The monoisotopic (exact) mass is 508 g/mol. The number of halogens is 1. The van der Waals surface area contributed by atoms with E-state index in [1.54, 1.807) is 42.5 Å². The maximum atomic E-state index is 12.2. The third-order valence-corrected chi connectivity index (χ3v) is 5.18. The van der Waals surface area contributed by atoms with Crippen molar-refractivity contribution < 1.29 is 23.9 Å². The van der Waals surface area contributed by atoms with Crippen LogP contribution < -0.4 is 25.5 Å². The zero-order chi connectivity index (χ0) is 25.9. The molecule has 0 saturated heterocycles.